The van der Waals surface area contributed by atoms with Crippen LogP contribution in [0.2, 0.25) is 0 Å². The highest BCUT2D eigenvalue weighted by Crippen LogP contribution is 2.23. The van der Waals surface area contributed by atoms with Gasteiger partial charge in [-0.25, -0.2) is 0 Å². The van der Waals surface area contributed by atoms with Crippen LogP contribution in [-0.2, 0) is 0 Å². The second kappa shape index (κ2) is 6.74. The Hall–Kier alpha value is -0.770. The monoisotopic (exact) mass is 227 g/mol. The van der Waals surface area contributed by atoms with E-state index in [1.807, 2.05) is 6.92 Å². The van der Waals surface area contributed by atoms with Crippen molar-refractivity contribution in [3.63, 3.8) is 0 Å². The van der Waals surface area contributed by atoms with Crippen LogP contribution in [0.15, 0.2) is 5.16 Å². The minimum atomic E-state index is 0.131. The summed E-state index contributed by atoms with van der Waals surface area (Å²) in [6.07, 6.45) is 6.68. The molecule has 0 spiro atoms. The first-order chi connectivity index (χ1) is 7.69. The van der Waals surface area contributed by atoms with Crippen molar-refractivity contribution in [3.8, 4) is 0 Å². The van der Waals surface area contributed by atoms with Crippen LogP contribution >= 0.6 is 0 Å². The summed E-state index contributed by atoms with van der Waals surface area (Å²) in [5, 5.41) is 11.7. The molecule has 4 nitrogen and oxygen atoms in total. The molecule has 0 radical (unpaired) electrons. The van der Waals surface area contributed by atoms with Crippen LogP contribution < -0.4 is 5.73 Å². The molecule has 0 aromatic rings. The Labute approximate surface area is 98.5 Å². The lowest BCUT2D eigenvalue weighted by molar-refractivity contribution is 0.154. The average molecular weight is 227 g/mol. The van der Waals surface area contributed by atoms with E-state index in [0.29, 0.717) is 11.9 Å². The van der Waals surface area contributed by atoms with Crippen LogP contribution in [0.5, 0.6) is 0 Å². The number of oxime groups is 1. The van der Waals surface area contributed by atoms with Gasteiger partial charge in [-0.2, -0.15) is 0 Å². The molecule has 0 aromatic heterocycles. The molecule has 1 aliphatic rings. The van der Waals surface area contributed by atoms with Gasteiger partial charge in [-0.3, -0.25) is 4.90 Å². The number of amidine groups is 1. The standard InChI is InChI=1S/C12H25N3O/c1-3-15(9-10(2)12(13)14-16)11-7-5-4-6-8-11/h10-11,16H,3-9H2,1-2H3,(H2,13,14). The van der Waals surface area contributed by atoms with Crippen molar-refractivity contribution < 1.29 is 5.21 Å². The first kappa shape index (κ1) is 13.3. The van der Waals surface area contributed by atoms with E-state index in [9.17, 15) is 0 Å². The average Bonchev–Trinajstić information content (AvgIpc) is 2.35. The maximum atomic E-state index is 8.65. The van der Waals surface area contributed by atoms with Crippen LogP contribution in [0.1, 0.15) is 46.0 Å². The van der Waals surface area contributed by atoms with Crippen molar-refractivity contribution in [2.75, 3.05) is 13.1 Å². The third-order valence-electron chi connectivity index (χ3n) is 3.63. The number of nitrogens with two attached hydrogens (primary N) is 1. The van der Waals surface area contributed by atoms with E-state index in [4.69, 9.17) is 10.9 Å². The quantitative estimate of drug-likeness (QED) is 0.327. The van der Waals surface area contributed by atoms with Crippen LogP contribution in [0.4, 0.5) is 0 Å². The molecule has 0 bridgehead atoms. The molecule has 0 amide bonds. The zero-order valence-corrected chi connectivity index (χ0v) is 10.5. The van der Waals surface area contributed by atoms with Gasteiger partial charge in [-0.15, -0.1) is 0 Å². The molecule has 1 aliphatic carbocycles. The minimum absolute atomic E-state index is 0.131. The van der Waals surface area contributed by atoms with Crippen molar-refractivity contribution in [3.05, 3.63) is 0 Å². The Morgan fingerprint density at radius 2 is 2.06 bits per heavy atom. The van der Waals surface area contributed by atoms with E-state index in [-0.39, 0.29) is 5.92 Å². The highest BCUT2D eigenvalue weighted by Gasteiger charge is 2.22. The number of nitrogens with zero attached hydrogens (tertiary/aromatic N) is 2. The second-order valence-electron chi connectivity index (χ2n) is 4.81. The van der Waals surface area contributed by atoms with Crippen molar-refractivity contribution in [1.82, 2.24) is 4.90 Å². The molecule has 0 saturated heterocycles. The normalized spacial score (nSPS) is 21.3. The van der Waals surface area contributed by atoms with Crippen LogP contribution in [0, 0.1) is 5.92 Å². The van der Waals surface area contributed by atoms with Crippen LogP contribution in [0.3, 0.4) is 0 Å². The van der Waals surface area contributed by atoms with E-state index in [0.717, 1.165) is 13.1 Å². The molecule has 0 heterocycles. The van der Waals surface area contributed by atoms with Crippen molar-refractivity contribution in [2.45, 2.75) is 52.0 Å². The second-order valence-corrected chi connectivity index (χ2v) is 4.81. The summed E-state index contributed by atoms with van der Waals surface area (Å²) in [6, 6.07) is 0.702. The SMILES string of the molecule is CCN(CC(C)/C(N)=N/O)C1CCCCC1. The zero-order chi connectivity index (χ0) is 12.0. The van der Waals surface area contributed by atoms with Gasteiger partial charge >= 0.3 is 0 Å². The fourth-order valence-electron chi connectivity index (χ4n) is 2.53. The van der Waals surface area contributed by atoms with Gasteiger partial charge < -0.3 is 10.9 Å². The maximum absolute atomic E-state index is 8.65. The molecular weight excluding hydrogens is 202 g/mol. The molecule has 0 aliphatic heterocycles. The summed E-state index contributed by atoms with van der Waals surface area (Å²) in [5.41, 5.74) is 5.62. The van der Waals surface area contributed by atoms with Gasteiger partial charge in [0.05, 0.1) is 0 Å². The maximum Gasteiger partial charge on any atom is 0.143 e. The first-order valence-electron chi connectivity index (χ1n) is 6.40. The Morgan fingerprint density at radius 3 is 2.56 bits per heavy atom. The summed E-state index contributed by atoms with van der Waals surface area (Å²) in [7, 11) is 0. The van der Waals surface area contributed by atoms with Crippen LogP contribution in [0.25, 0.3) is 0 Å². The van der Waals surface area contributed by atoms with Gasteiger partial charge in [0.1, 0.15) is 5.84 Å². The molecule has 16 heavy (non-hydrogen) atoms. The van der Waals surface area contributed by atoms with E-state index in [2.05, 4.69) is 17.0 Å². The predicted molar refractivity (Wildman–Crippen MR) is 66.7 cm³/mol. The Morgan fingerprint density at radius 1 is 1.44 bits per heavy atom. The minimum Gasteiger partial charge on any atom is -0.409 e. The largest absolute Gasteiger partial charge is 0.409 e. The van der Waals surface area contributed by atoms with Crippen molar-refractivity contribution >= 4 is 5.84 Å². The van der Waals surface area contributed by atoms with Gasteiger partial charge in [-0.1, -0.05) is 38.3 Å². The van der Waals surface area contributed by atoms with Gasteiger partial charge in [0.2, 0.25) is 0 Å². The lowest BCUT2D eigenvalue weighted by Gasteiger charge is -2.34. The molecule has 3 N–H and O–H groups in total. The summed E-state index contributed by atoms with van der Waals surface area (Å²) >= 11 is 0. The Bertz CT molecular complexity index is 224. The number of hydrogen-bond acceptors (Lipinski definition) is 3. The summed E-state index contributed by atoms with van der Waals surface area (Å²) in [4.78, 5) is 2.47. The van der Waals surface area contributed by atoms with Crippen molar-refractivity contribution in [2.24, 2.45) is 16.8 Å². The molecule has 94 valence electrons. The van der Waals surface area contributed by atoms with Crippen LogP contribution in [-0.4, -0.2) is 35.1 Å². The predicted octanol–water partition coefficient (Wildman–Crippen LogP) is 2.02. The summed E-state index contributed by atoms with van der Waals surface area (Å²) in [6.45, 7) is 6.15. The topological polar surface area (TPSA) is 61.8 Å². The highest BCUT2D eigenvalue weighted by atomic mass is 16.4. The van der Waals surface area contributed by atoms with Gasteiger partial charge in [0.25, 0.3) is 0 Å². The molecule has 0 aromatic carbocycles. The summed E-state index contributed by atoms with van der Waals surface area (Å²) < 4.78 is 0. The molecule has 1 saturated carbocycles. The fourth-order valence-corrected chi connectivity index (χ4v) is 2.53. The number of hydrogen-bond donors (Lipinski definition) is 2. The Balaban J connectivity index is 2.47. The third kappa shape index (κ3) is 3.67. The zero-order valence-electron chi connectivity index (χ0n) is 10.5. The van der Waals surface area contributed by atoms with Crippen molar-refractivity contribution in [1.29, 1.82) is 0 Å². The van der Waals surface area contributed by atoms with E-state index < -0.39 is 0 Å². The lowest BCUT2D eigenvalue weighted by Crippen LogP contribution is -2.42. The molecule has 4 heteroatoms. The van der Waals surface area contributed by atoms with E-state index in [1.54, 1.807) is 0 Å². The molecule has 1 rings (SSSR count). The number of rotatable bonds is 5. The molecule has 1 unspecified atom stereocenters. The summed E-state index contributed by atoms with van der Waals surface area (Å²) in [5.74, 6) is 0.473. The molecular formula is C12H25N3O. The fraction of sp³-hybridized carbons (Fsp3) is 0.917. The van der Waals surface area contributed by atoms with E-state index >= 15 is 0 Å². The molecule has 1 atom stereocenters. The lowest BCUT2D eigenvalue weighted by atomic mass is 9.93. The van der Waals surface area contributed by atoms with Gasteiger partial charge in [0, 0.05) is 18.5 Å². The smallest absolute Gasteiger partial charge is 0.143 e. The van der Waals surface area contributed by atoms with E-state index in [1.165, 1.54) is 32.1 Å². The van der Waals surface area contributed by atoms with Gasteiger partial charge in [0.15, 0.2) is 0 Å². The third-order valence-corrected chi connectivity index (χ3v) is 3.63. The Kier molecular flexibility index (Phi) is 5.60. The first-order valence-corrected chi connectivity index (χ1v) is 6.40. The molecule has 1 fully saturated rings. The highest BCUT2D eigenvalue weighted by molar-refractivity contribution is 5.82. The van der Waals surface area contributed by atoms with Gasteiger partial charge in [-0.05, 0) is 19.4 Å².